The van der Waals surface area contributed by atoms with Crippen molar-refractivity contribution in [2.75, 3.05) is 0 Å². The third-order valence-electron chi connectivity index (χ3n) is 6.48. The Balaban J connectivity index is 1.44. The smallest absolute Gasteiger partial charge is 0.275 e. The normalized spacial score (nSPS) is 23.6. The van der Waals surface area contributed by atoms with Gasteiger partial charge in [-0.05, 0) is 43.4 Å². The molecule has 1 saturated carbocycles. The molecule has 7 nitrogen and oxygen atoms in total. The molecule has 0 unspecified atom stereocenters. The molecule has 2 amide bonds. The Labute approximate surface area is 169 Å². The lowest BCUT2D eigenvalue weighted by molar-refractivity contribution is 0.0632. The number of aromatic nitrogens is 1. The largest absolute Gasteiger partial charge is 0.503 e. The minimum atomic E-state index is -0.984. The van der Waals surface area contributed by atoms with E-state index in [1.54, 1.807) is 11.8 Å². The molecule has 2 bridgehead atoms. The molecule has 3 aliphatic heterocycles. The molecule has 9 heteroatoms. The quantitative estimate of drug-likeness (QED) is 0.798. The molecule has 30 heavy (non-hydrogen) atoms. The van der Waals surface area contributed by atoms with Crippen LogP contribution in [0.15, 0.2) is 23.1 Å². The maximum atomic E-state index is 14.0. The van der Waals surface area contributed by atoms with Crippen molar-refractivity contribution in [2.24, 2.45) is 5.92 Å². The molecule has 0 radical (unpaired) electrons. The van der Waals surface area contributed by atoms with E-state index in [1.807, 2.05) is 0 Å². The van der Waals surface area contributed by atoms with Crippen LogP contribution in [0, 0.1) is 24.5 Å². The highest BCUT2D eigenvalue weighted by atomic mass is 19.1. The SMILES string of the molecule is Cc1cc(F)c(CNC(=O)c2cn3c(c(O)c2=O)C(=O)N2[C@H]4C[C@H](C4)[C@@H]2C3)c(F)c1. The Kier molecular flexibility index (Phi) is 4.00. The van der Waals surface area contributed by atoms with Gasteiger partial charge in [-0.3, -0.25) is 14.4 Å². The van der Waals surface area contributed by atoms with Gasteiger partial charge in [0.05, 0.1) is 6.04 Å². The summed E-state index contributed by atoms with van der Waals surface area (Å²) in [7, 11) is 0. The fourth-order valence-corrected chi connectivity index (χ4v) is 4.89. The lowest BCUT2D eigenvalue weighted by atomic mass is 9.83. The zero-order valence-electron chi connectivity index (χ0n) is 16.1. The van der Waals surface area contributed by atoms with Crippen molar-refractivity contribution in [3.63, 3.8) is 0 Å². The molecule has 156 valence electrons. The molecule has 1 aliphatic carbocycles. The van der Waals surface area contributed by atoms with Crippen molar-refractivity contribution < 1.29 is 23.5 Å². The lowest BCUT2D eigenvalue weighted by Gasteiger charge is -2.33. The second-order valence-electron chi connectivity index (χ2n) is 8.28. The van der Waals surface area contributed by atoms with Crippen molar-refractivity contribution >= 4 is 11.8 Å². The Morgan fingerprint density at radius 3 is 2.57 bits per heavy atom. The first-order valence-electron chi connectivity index (χ1n) is 9.78. The standard InChI is InChI=1S/C21H19F2N3O4/c1-9-2-14(22)12(15(23)3-9)6-24-20(29)13-7-25-8-16-10-4-11(5-10)26(16)21(30)17(25)19(28)18(13)27/h2-3,7,10-11,16,28H,4-6,8H2,1H3,(H,24,29)/t10-,11+,16-/m0/s1. The summed E-state index contributed by atoms with van der Waals surface area (Å²) in [6.07, 6.45) is 3.08. The van der Waals surface area contributed by atoms with E-state index in [2.05, 4.69) is 5.32 Å². The summed E-state index contributed by atoms with van der Waals surface area (Å²) in [5.74, 6) is -3.27. The van der Waals surface area contributed by atoms with Crippen LogP contribution in [0.1, 0.15) is 44.8 Å². The number of nitrogens with zero attached hydrogens (tertiary/aromatic N) is 2. The van der Waals surface area contributed by atoms with Crippen LogP contribution < -0.4 is 10.7 Å². The average molecular weight is 415 g/mol. The number of aryl methyl sites for hydroxylation is 1. The minimum Gasteiger partial charge on any atom is -0.503 e. The first-order chi connectivity index (χ1) is 14.3. The Bertz CT molecular complexity index is 1150. The minimum absolute atomic E-state index is 0.0106. The van der Waals surface area contributed by atoms with Gasteiger partial charge in [-0.15, -0.1) is 0 Å². The van der Waals surface area contributed by atoms with Gasteiger partial charge in [0.15, 0.2) is 11.4 Å². The van der Waals surface area contributed by atoms with Crippen LogP contribution in [0.25, 0.3) is 0 Å². The van der Waals surface area contributed by atoms with Crippen LogP contribution in [-0.4, -0.2) is 38.5 Å². The van der Waals surface area contributed by atoms with Crippen LogP contribution in [0.3, 0.4) is 0 Å². The van der Waals surface area contributed by atoms with Gasteiger partial charge in [0.2, 0.25) is 5.43 Å². The van der Waals surface area contributed by atoms with Crippen LogP contribution in [0.2, 0.25) is 0 Å². The molecule has 4 aliphatic rings. The molecular weight excluding hydrogens is 396 g/mol. The number of amides is 2. The van der Waals surface area contributed by atoms with Crippen LogP contribution in [0.4, 0.5) is 8.78 Å². The molecule has 1 aromatic heterocycles. The molecule has 2 N–H and O–H groups in total. The predicted octanol–water partition coefficient (Wildman–Crippen LogP) is 1.69. The van der Waals surface area contributed by atoms with Gasteiger partial charge in [0.25, 0.3) is 11.8 Å². The molecular formula is C21H19F2N3O4. The summed E-state index contributed by atoms with van der Waals surface area (Å²) in [6, 6.07) is 2.43. The summed E-state index contributed by atoms with van der Waals surface area (Å²) in [4.78, 5) is 39.7. The Hall–Kier alpha value is -3.23. The predicted molar refractivity (Wildman–Crippen MR) is 101 cm³/mol. The number of rotatable bonds is 3. The fourth-order valence-electron chi connectivity index (χ4n) is 4.89. The topological polar surface area (TPSA) is 91.6 Å². The number of aromatic hydroxyl groups is 1. The lowest BCUT2D eigenvalue weighted by Crippen LogP contribution is -2.46. The van der Waals surface area contributed by atoms with Crippen molar-refractivity contribution in [1.82, 2.24) is 14.8 Å². The molecule has 1 atom stereocenters. The second kappa shape index (κ2) is 6.38. The van der Waals surface area contributed by atoms with Crippen molar-refractivity contribution in [3.05, 3.63) is 62.6 Å². The molecule has 4 heterocycles. The van der Waals surface area contributed by atoms with E-state index >= 15 is 0 Å². The number of pyridine rings is 1. The first-order valence-corrected chi connectivity index (χ1v) is 9.78. The number of fused-ring (bicyclic) bond motifs is 1. The number of halogens is 2. The molecule has 0 spiro atoms. The second-order valence-corrected chi connectivity index (χ2v) is 8.28. The van der Waals surface area contributed by atoms with E-state index in [0.29, 0.717) is 18.0 Å². The molecule has 2 saturated heterocycles. The first kappa shape index (κ1) is 18.8. The molecule has 3 fully saturated rings. The third-order valence-corrected chi connectivity index (χ3v) is 6.48. The Morgan fingerprint density at radius 1 is 1.23 bits per heavy atom. The zero-order chi connectivity index (χ0) is 21.3. The maximum absolute atomic E-state index is 14.0. The monoisotopic (exact) mass is 415 g/mol. The van der Waals surface area contributed by atoms with Crippen LogP contribution in [0.5, 0.6) is 5.75 Å². The van der Waals surface area contributed by atoms with Crippen molar-refractivity contribution in [1.29, 1.82) is 0 Å². The van der Waals surface area contributed by atoms with E-state index in [4.69, 9.17) is 0 Å². The van der Waals surface area contributed by atoms with Crippen LogP contribution in [-0.2, 0) is 13.1 Å². The number of hydrogen-bond acceptors (Lipinski definition) is 4. The third kappa shape index (κ3) is 2.57. The van der Waals surface area contributed by atoms with E-state index < -0.39 is 41.2 Å². The van der Waals surface area contributed by atoms with Crippen LogP contribution >= 0.6 is 0 Å². The van der Waals surface area contributed by atoms with Gasteiger partial charge in [-0.25, -0.2) is 8.78 Å². The maximum Gasteiger partial charge on any atom is 0.275 e. The number of benzene rings is 1. The van der Waals surface area contributed by atoms with E-state index in [9.17, 15) is 28.3 Å². The number of hydrogen-bond donors (Lipinski definition) is 2. The summed E-state index contributed by atoms with van der Waals surface area (Å²) < 4.78 is 29.5. The average Bonchev–Trinajstić information content (AvgIpc) is 3.18. The van der Waals surface area contributed by atoms with E-state index in [0.717, 1.165) is 25.0 Å². The van der Waals surface area contributed by atoms with Gasteiger partial charge in [-0.1, -0.05) is 0 Å². The van der Waals surface area contributed by atoms with Gasteiger partial charge in [0, 0.05) is 30.9 Å². The van der Waals surface area contributed by atoms with Crippen molar-refractivity contribution in [2.45, 2.75) is 44.9 Å². The summed E-state index contributed by atoms with van der Waals surface area (Å²) in [5, 5.41) is 12.7. The zero-order valence-corrected chi connectivity index (χ0v) is 16.1. The highest BCUT2D eigenvalue weighted by Crippen LogP contribution is 2.49. The number of carbonyl (C=O) groups is 2. The Morgan fingerprint density at radius 2 is 1.90 bits per heavy atom. The highest BCUT2D eigenvalue weighted by Gasteiger charge is 2.55. The van der Waals surface area contributed by atoms with Gasteiger partial charge < -0.3 is 19.9 Å². The van der Waals surface area contributed by atoms with Gasteiger partial charge in [0.1, 0.15) is 17.2 Å². The summed E-state index contributed by atoms with van der Waals surface area (Å²) in [5.41, 5.74) is -1.40. The fraction of sp³-hybridized carbons (Fsp3) is 0.381. The molecule has 2 aromatic rings. The summed E-state index contributed by atoms with van der Waals surface area (Å²) in [6.45, 7) is 1.47. The van der Waals surface area contributed by atoms with Crippen molar-refractivity contribution in [3.8, 4) is 5.75 Å². The summed E-state index contributed by atoms with van der Waals surface area (Å²) >= 11 is 0. The number of carbonyl (C=O) groups excluding carboxylic acids is 2. The van der Waals surface area contributed by atoms with E-state index in [1.165, 1.54) is 10.8 Å². The molecule has 6 rings (SSSR count). The van der Waals surface area contributed by atoms with E-state index in [-0.39, 0.29) is 28.9 Å². The van der Waals surface area contributed by atoms with Gasteiger partial charge >= 0.3 is 0 Å². The number of nitrogens with one attached hydrogen (secondary N) is 1. The van der Waals surface area contributed by atoms with Gasteiger partial charge in [-0.2, -0.15) is 0 Å². The molecule has 1 aromatic carbocycles. The highest BCUT2D eigenvalue weighted by molar-refractivity contribution is 5.99.